The van der Waals surface area contributed by atoms with Crippen LogP contribution in [-0.2, 0) is 20.9 Å². The molecule has 2 aromatic carbocycles. The number of hydrogen-bond acceptors (Lipinski definition) is 7. The van der Waals surface area contributed by atoms with E-state index in [0.29, 0.717) is 23.0 Å². The maximum Gasteiger partial charge on any atom is 0.317 e. The number of carbonyl (C=O) groups is 2. The maximum atomic E-state index is 13.2. The van der Waals surface area contributed by atoms with Crippen LogP contribution in [0, 0.1) is 5.92 Å². The molecule has 35 heavy (non-hydrogen) atoms. The van der Waals surface area contributed by atoms with Crippen LogP contribution in [0.2, 0.25) is 5.15 Å². The lowest BCUT2D eigenvalue weighted by molar-refractivity contribution is -0.151. The van der Waals surface area contributed by atoms with Crippen LogP contribution >= 0.6 is 22.9 Å². The van der Waals surface area contributed by atoms with Gasteiger partial charge in [-0.2, -0.15) is 0 Å². The van der Waals surface area contributed by atoms with Crippen molar-refractivity contribution in [3.63, 3.8) is 0 Å². The summed E-state index contributed by atoms with van der Waals surface area (Å²) in [5.41, 5.74) is 2.88. The molecular formula is C27H27ClN2O4S. The second-order valence-electron chi connectivity index (χ2n) is 8.33. The first-order valence-corrected chi connectivity index (χ1v) is 12.6. The van der Waals surface area contributed by atoms with Gasteiger partial charge in [-0.25, -0.2) is 4.98 Å². The highest BCUT2D eigenvalue weighted by Gasteiger charge is 2.42. The zero-order valence-corrected chi connectivity index (χ0v) is 21.4. The summed E-state index contributed by atoms with van der Waals surface area (Å²) in [6, 6.07) is 17.6. The van der Waals surface area contributed by atoms with Crippen molar-refractivity contribution in [2.24, 2.45) is 5.92 Å². The minimum absolute atomic E-state index is 0.200. The van der Waals surface area contributed by atoms with E-state index in [-0.39, 0.29) is 12.4 Å². The van der Waals surface area contributed by atoms with Crippen molar-refractivity contribution >= 4 is 45.4 Å². The van der Waals surface area contributed by atoms with Gasteiger partial charge in [-0.3, -0.25) is 9.59 Å². The first-order valence-electron chi connectivity index (χ1n) is 11.4. The Bertz CT molecular complexity index is 1220. The molecule has 1 aliphatic rings. The smallest absolute Gasteiger partial charge is 0.317 e. The molecule has 8 heteroatoms. The summed E-state index contributed by atoms with van der Waals surface area (Å²) < 4.78 is 10.5. The van der Waals surface area contributed by atoms with Gasteiger partial charge in [0.2, 0.25) is 0 Å². The molecule has 1 heterocycles. The van der Waals surface area contributed by atoms with E-state index < -0.39 is 17.8 Å². The van der Waals surface area contributed by atoms with Crippen LogP contribution in [0.15, 0.2) is 60.7 Å². The number of rotatable bonds is 8. The van der Waals surface area contributed by atoms with Crippen molar-refractivity contribution in [1.29, 1.82) is 0 Å². The number of carbonyl (C=O) groups excluding carboxylic acids is 2. The minimum Gasteiger partial charge on any atom is -0.497 e. The predicted octanol–water partition coefficient (Wildman–Crippen LogP) is 5.76. The van der Waals surface area contributed by atoms with Crippen LogP contribution in [-0.4, -0.2) is 37.5 Å². The van der Waals surface area contributed by atoms with E-state index in [1.807, 2.05) is 54.4 Å². The third-order valence-corrected chi connectivity index (χ3v) is 7.69. The van der Waals surface area contributed by atoms with Gasteiger partial charge in [0.15, 0.2) is 10.9 Å². The van der Waals surface area contributed by atoms with Gasteiger partial charge < -0.3 is 14.4 Å². The second-order valence-corrected chi connectivity index (χ2v) is 9.70. The summed E-state index contributed by atoms with van der Waals surface area (Å²) in [5, 5.41) is 1.04. The molecule has 0 N–H and O–H groups in total. The average molecular weight is 511 g/mol. The molecule has 0 amide bonds. The van der Waals surface area contributed by atoms with E-state index in [1.165, 1.54) is 11.3 Å². The van der Waals surface area contributed by atoms with E-state index in [4.69, 9.17) is 21.1 Å². The summed E-state index contributed by atoms with van der Waals surface area (Å²) in [6.45, 7) is 2.59. The topological polar surface area (TPSA) is 68.7 Å². The molecule has 0 bridgehead atoms. The molecule has 0 aliphatic heterocycles. The molecule has 0 saturated carbocycles. The lowest BCUT2D eigenvalue weighted by atomic mass is 9.76. The Morgan fingerprint density at radius 1 is 1.17 bits per heavy atom. The van der Waals surface area contributed by atoms with Crippen LogP contribution in [0.1, 0.15) is 35.3 Å². The van der Waals surface area contributed by atoms with Crippen molar-refractivity contribution < 1.29 is 19.1 Å². The van der Waals surface area contributed by atoms with Crippen molar-refractivity contribution in [2.75, 3.05) is 25.7 Å². The molecule has 0 radical (unpaired) electrons. The monoisotopic (exact) mass is 510 g/mol. The summed E-state index contributed by atoms with van der Waals surface area (Å²) in [4.78, 5) is 33.4. The molecule has 2 atom stereocenters. The SMILES string of the molecule is CCOC(=O)C1C(=O)C=C(c2ccc(OC)cc2)CC1c1sc(N(C)Cc2ccccc2)nc1Cl. The van der Waals surface area contributed by atoms with Crippen LogP contribution in [0.3, 0.4) is 0 Å². The number of nitrogens with zero attached hydrogens (tertiary/aromatic N) is 2. The number of ether oxygens (including phenoxy) is 2. The van der Waals surface area contributed by atoms with Crippen LogP contribution in [0.5, 0.6) is 5.75 Å². The lowest BCUT2D eigenvalue weighted by Gasteiger charge is -2.28. The molecule has 0 spiro atoms. The Kier molecular flexibility index (Phi) is 7.88. The second kappa shape index (κ2) is 11.1. The number of ketones is 1. The Hall–Kier alpha value is -3.16. The summed E-state index contributed by atoms with van der Waals surface area (Å²) in [6.07, 6.45) is 2.02. The van der Waals surface area contributed by atoms with Crippen LogP contribution in [0.4, 0.5) is 5.13 Å². The maximum absolute atomic E-state index is 13.2. The largest absolute Gasteiger partial charge is 0.497 e. The molecule has 1 aliphatic carbocycles. The highest BCUT2D eigenvalue weighted by molar-refractivity contribution is 7.16. The first-order chi connectivity index (χ1) is 16.9. The van der Waals surface area contributed by atoms with Gasteiger partial charge in [0, 0.05) is 19.5 Å². The van der Waals surface area contributed by atoms with Crippen LogP contribution < -0.4 is 9.64 Å². The highest BCUT2D eigenvalue weighted by Crippen LogP contribution is 2.46. The Morgan fingerprint density at radius 3 is 2.54 bits per heavy atom. The van der Waals surface area contributed by atoms with Gasteiger partial charge >= 0.3 is 5.97 Å². The number of hydrogen-bond donors (Lipinski definition) is 0. The fourth-order valence-corrected chi connectivity index (χ4v) is 5.70. The van der Waals surface area contributed by atoms with Gasteiger partial charge in [-0.1, -0.05) is 65.4 Å². The number of thiazole rings is 1. The number of allylic oxidation sites excluding steroid dienone is 2. The first kappa shape index (κ1) is 24.9. The van der Waals surface area contributed by atoms with Gasteiger partial charge in [0.1, 0.15) is 16.8 Å². The predicted molar refractivity (Wildman–Crippen MR) is 139 cm³/mol. The number of anilines is 1. The van der Waals surface area contributed by atoms with Gasteiger partial charge in [-0.15, -0.1) is 0 Å². The Morgan fingerprint density at radius 2 is 1.89 bits per heavy atom. The standard InChI is InChI=1S/C27H27ClN2O4S/c1-4-34-26(32)23-21(14-19(15-22(23)31)18-10-12-20(33-3)13-11-18)24-25(28)29-27(35-24)30(2)16-17-8-6-5-7-9-17/h5-13,15,21,23H,4,14,16H2,1-3H3. The van der Waals surface area contributed by atoms with Crippen molar-refractivity contribution in [1.82, 2.24) is 4.98 Å². The van der Waals surface area contributed by atoms with E-state index >= 15 is 0 Å². The Balaban J connectivity index is 1.67. The quantitative estimate of drug-likeness (QED) is 0.283. The van der Waals surface area contributed by atoms with E-state index in [2.05, 4.69) is 17.1 Å². The number of halogens is 1. The van der Waals surface area contributed by atoms with Gasteiger partial charge in [-0.05, 0) is 48.3 Å². The normalized spacial score (nSPS) is 17.6. The van der Waals surface area contributed by atoms with Crippen molar-refractivity contribution in [2.45, 2.75) is 25.8 Å². The van der Waals surface area contributed by atoms with Gasteiger partial charge in [0.05, 0.1) is 18.6 Å². The van der Waals surface area contributed by atoms with E-state index in [0.717, 1.165) is 27.6 Å². The van der Waals surface area contributed by atoms with Crippen LogP contribution in [0.25, 0.3) is 5.57 Å². The third-order valence-electron chi connectivity index (χ3n) is 5.99. The number of aromatic nitrogens is 1. The molecule has 4 rings (SSSR count). The van der Waals surface area contributed by atoms with E-state index in [1.54, 1.807) is 20.1 Å². The molecule has 182 valence electrons. The average Bonchev–Trinajstić information content (AvgIpc) is 3.26. The summed E-state index contributed by atoms with van der Waals surface area (Å²) in [7, 11) is 3.56. The van der Waals surface area contributed by atoms with E-state index in [9.17, 15) is 9.59 Å². The van der Waals surface area contributed by atoms with Crippen molar-refractivity contribution in [3.8, 4) is 5.75 Å². The molecular weight excluding hydrogens is 484 g/mol. The highest BCUT2D eigenvalue weighted by atomic mass is 35.5. The molecule has 6 nitrogen and oxygen atoms in total. The van der Waals surface area contributed by atoms with Gasteiger partial charge in [0.25, 0.3) is 0 Å². The third kappa shape index (κ3) is 5.57. The fraction of sp³-hybridized carbons (Fsp3) is 0.296. The number of benzene rings is 2. The molecule has 1 aromatic heterocycles. The Labute approximate surface area is 214 Å². The molecule has 0 fully saturated rings. The zero-order chi connectivity index (χ0) is 24.9. The molecule has 3 aromatic rings. The minimum atomic E-state index is -0.956. The molecule has 2 unspecified atom stereocenters. The van der Waals surface area contributed by atoms with Crippen molar-refractivity contribution in [3.05, 3.63) is 81.8 Å². The summed E-state index contributed by atoms with van der Waals surface area (Å²) in [5.74, 6) is -1.51. The lowest BCUT2D eigenvalue weighted by Crippen LogP contribution is -2.33. The fourth-order valence-electron chi connectivity index (χ4n) is 4.26. The zero-order valence-electron chi connectivity index (χ0n) is 19.9. The number of methoxy groups -OCH3 is 1. The number of esters is 1. The molecule has 0 saturated heterocycles. The summed E-state index contributed by atoms with van der Waals surface area (Å²) >= 11 is 8.04.